The second-order valence-electron chi connectivity index (χ2n) is 8.02. The highest BCUT2D eigenvalue weighted by atomic mass is 16.5. The molecule has 170 valence electrons. The lowest BCUT2D eigenvalue weighted by atomic mass is 10.00. The van der Waals surface area contributed by atoms with E-state index in [1.54, 1.807) is 21.3 Å². The lowest BCUT2D eigenvalue weighted by Crippen LogP contribution is -2.20. The molecule has 0 radical (unpaired) electrons. The smallest absolute Gasteiger partial charge is 0.204 e. The highest BCUT2D eigenvalue weighted by Gasteiger charge is 2.19. The van der Waals surface area contributed by atoms with Crippen LogP contribution in [0.25, 0.3) is 22.2 Å². The SMILES string of the molecule is COc1cc2nc(-c3ccccc3)c(CNCC(C)c3ccccc3)cc2c(OC)c1OC. The quantitative estimate of drug-likeness (QED) is 0.354. The Morgan fingerprint density at radius 3 is 2.12 bits per heavy atom. The standard InChI is InChI=1S/C28H30N2O3/c1-19(20-11-7-5-8-12-20)17-29-18-22-15-23-24(30-26(22)21-13-9-6-10-14-21)16-25(31-2)28(33-4)27(23)32-3/h5-16,19,29H,17-18H2,1-4H3. The van der Waals surface area contributed by atoms with Crippen molar-refractivity contribution in [2.75, 3.05) is 27.9 Å². The van der Waals surface area contributed by atoms with Crippen LogP contribution in [0.2, 0.25) is 0 Å². The van der Waals surface area contributed by atoms with E-state index in [-0.39, 0.29) is 0 Å². The summed E-state index contributed by atoms with van der Waals surface area (Å²) in [6, 6.07) is 24.9. The van der Waals surface area contributed by atoms with Crippen molar-refractivity contribution in [2.24, 2.45) is 0 Å². The zero-order valence-electron chi connectivity index (χ0n) is 19.6. The summed E-state index contributed by atoms with van der Waals surface area (Å²) in [5.41, 5.74) is 5.23. The molecule has 0 amide bonds. The Labute approximate surface area is 195 Å². The Kier molecular flexibility index (Phi) is 7.10. The highest BCUT2D eigenvalue weighted by Crippen LogP contribution is 2.44. The van der Waals surface area contributed by atoms with Gasteiger partial charge in [0, 0.05) is 30.1 Å². The molecule has 33 heavy (non-hydrogen) atoms. The summed E-state index contributed by atoms with van der Waals surface area (Å²) in [5, 5.41) is 4.52. The van der Waals surface area contributed by atoms with Gasteiger partial charge in [-0.15, -0.1) is 0 Å². The second kappa shape index (κ2) is 10.4. The minimum absolute atomic E-state index is 0.402. The second-order valence-corrected chi connectivity index (χ2v) is 8.02. The van der Waals surface area contributed by atoms with E-state index in [1.807, 2.05) is 30.3 Å². The molecule has 3 aromatic carbocycles. The van der Waals surface area contributed by atoms with Crippen molar-refractivity contribution >= 4 is 10.9 Å². The molecular formula is C28H30N2O3. The van der Waals surface area contributed by atoms with E-state index in [4.69, 9.17) is 19.2 Å². The third-order valence-electron chi connectivity index (χ3n) is 5.88. The molecule has 0 aliphatic carbocycles. The van der Waals surface area contributed by atoms with Gasteiger partial charge in [-0.3, -0.25) is 0 Å². The molecule has 5 heteroatoms. The first-order valence-corrected chi connectivity index (χ1v) is 11.1. The van der Waals surface area contributed by atoms with Crippen LogP contribution in [0, 0.1) is 0 Å². The molecule has 0 spiro atoms. The number of aromatic nitrogens is 1. The van der Waals surface area contributed by atoms with Gasteiger partial charge in [-0.05, 0) is 23.1 Å². The van der Waals surface area contributed by atoms with Crippen molar-refractivity contribution in [3.8, 4) is 28.5 Å². The summed E-state index contributed by atoms with van der Waals surface area (Å²) in [7, 11) is 4.88. The van der Waals surface area contributed by atoms with Gasteiger partial charge in [0.15, 0.2) is 11.5 Å². The fourth-order valence-corrected chi connectivity index (χ4v) is 4.14. The molecule has 1 aromatic heterocycles. The van der Waals surface area contributed by atoms with E-state index < -0.39 is 0 Å². The molecule has 1 N–H and O–H groups in total. The largest absolute Gasteiger partial charge is 0.493 e. The van der Waals surface area contributed by atoms with Crippen molar-refractivity contribution in [2.45, 2.75) is 19.4 Å². The molecule has 5 nitrogen and oxygen atoms in total. The number of pyridine rings is 1. The monoisotopic (exact) mass is 442 g/mol. The molecule has 1 unspecified atom stereocenters. The molecule has 4 rings (SSSR count). The third-order valence-corrected chi connectivity index (χ3v) is 5.88. The number of hydrogen-bond donors (Lipinski definition) is 1. The van der Waals surface area contributed by atoms with Crippen LogP contribution < -0.4 is 19.5 Å². The van der Waals surface area contributed by atoms with E-state index in [0.29, 0.717) is 29.7 Å². The summed E-state index contributed by atoms with van der Waals surface area (Å²) < 4.78 is 16.9. The number of nitrogens with zero attached hydrogens (tertiary/aromatic N) is 1. The maximum absolute atomic E-state index is 5.73. The van der Waals surface area contributed by atoms with Gasteiger partial charge in [-0.2, -0.15) is 0 Å². The molecule has 0 bridgehead atoms. The number of benzene rings is 3. The van der Waals surface area contributed by atoms with Crippen molar-refractivity contribution in [3.63, 3.8) is 0 Å². The van der Waals surface area contributed by atoms with Gasteiger partial charge in [-0.1, -0.05) is 67.6 Å². The van der Waals surface area contributed by atoms with Crippen LogP contribution in [-0.4, -0.2) is 32.9 Å². The topological polar surface area (TPSA) is 52.6 Å². The van der Waals surface area contributed by atoms with E-state index in [0.717, 1.165) is 34.3 Å². The number of nitrogens with one attached hydrogen (secondary N) is 1. The molecule has 0 aliphatic rings. The number of methoxy groups -OCH3 is 3. The van der Waals surface area contributed by atoms with E-state index in [1.165, 1.54) is 5.56 Å². The Bertz CT molecular complexity index is 1210. The van der Waals surface area contributed by atoms with Gasteiger partial charge in [-0.25, -0.2) is 4.98 Å². The average Bonchev–Trinajstić information content (AvgIpc) is 2.88. The molecule has 0 fully saturated rings. The predicted octanol–water partition coefficient (Wildman–Crippen LogP) is 5.82. The van der Waals surface area contributed by atoms with Crippen molar-refractivity contribution in [1.29, 1.82) is 0 Å². The molecule has 1 heterocycles. The normalized spacial score (nSPS) is 11.9. The van der Waals surface area contributed by atoms with Crippen molar-refractivity contribution in [3.05, 3.63) is 83.9 Å². The third kappa shape index (κ3) is 4.78. The van der Waals surface area contributed by atoms with E-state index in [2.05, 4.69) is 54.7 Å². The van der Waals surface area contributed by atoms with Crippen LogP contribution in [0.4, 0.5) is 0 Å². The summed E-state index contributed by atoms with van der Waals surface area (Å²) >= 11 is 0. The minimum atomic E-state index is 0.402. The number of ether oxygens (including phenoxy) is 3. The molecule has 0 aliphatic heterocycles. The van der Waals surface area contributed by atoms with Crippen LogP contribution in [0.15, 0.2) is 72.8 Å². The summed E-state index contributed by atoms with van der Waals surface area (Å²) in [6.45, 7) is 3.78. The maximum atomic E-state index is 5.73. The lowest BCUT2D eigenvalue weighted by Gasteiger charge is -2.18. The van der Waals surface area contributed by atoms with Crippen LogP contribution in [-0.2, 0) is 6.54 Å². The molecule has 1 atom stereocenters. The van der Waals surface area contributed by atoms with Gasteiger partial charge in [0.1, 0.15) is 0 Å². The predicted molar refractivity (Wildman–Crippen MR) is 133 cm³/mol. The fraction of sp³-hybridized carbons (Fsp3) is 0.250. The Balaban J connectivity index is 1.74. The summed E-state index contributed by atoms with van der Waals surface area (Å²) in [4.78, 5) is 5.04. The Morgan fingerprint density at radius 1 is 0.818 bits per heavy atom. The first kappa shape index (κ1) is 22.6. The van der Waals surface area contributed by atoms with Gasteiger partial charge in [0.2, 0.25) is 5.75 Å². The van der Waals surface area contributed by atoms with E-state index >= 15 is 0 Å². The summed E-state index contributed by atoms with van der Waals surface area (Å²) in [6.07, 6.45) is 0. The average molecular weight is 443 g/mol. The van der Waals surface area contributed by atoms with Crippen LogP contribution in [0.5, 0.6) is 17.2 Å². The van der Waals surface area contributed by atoms with Crippen molar-refractivity contribution in [1.82, 2.24) is 10.3 Å². The summed E-state index contributed by atoms with van der Waals surface area (Å²) in [5.74, 6) is 2.19. The molecule has 0 saturated carbocycles. The number of fused-ring (bicyclic) bond motifs is 1. The van der Waals surface area contributed by atoms with Gasteiger partial charge >= 0.3 is 0 Å². The highest BCUT2D eigenvalue weighted by molar-refractivity contribution is 5.93. The van der Waals surface area contributed by atoms with Crippen LogP contribution in [0.1, 0.15) is 24.0 Å². The van der Waals surface area contributed by atoms with Gasteiger partial charge in [0.05, 0.1) is 32.5 Å². The van der Waals surface area contributed by atoms with Crippen LogP contribution in [0.3, 0.4) is 0 Å². The molecule has 0 saturated heterocycles. The lowest BCUT2D eigenvalue weighted by molar-refractivity contribution is 0.327. The van der Waals surface area contributed by atoms with Gasteiger partial charge in [0.25, 0.3) is 0 Å². The minimum Gasteiger partial charge on any atom is -0.493 e. The molecule has 4 aromatic rings. The number of hydrogen-bond acceptors (Lipinski definition) is 5. The van der Waals surface area contributed by atoms with Crippen molar-refractivity contribution < 1.29 is 14.2 Å². The Morgan fingerprint density at radius 2 is 1.48 bits per heavy atom. The fourth-order valence-electron chi connectivity index (χ4n) is 4.14. The zero-order valence-corrected chi connectivity index (χ0v) is 19.6. The van der Waals surface area contributed by atoms with Gasteiger partial charge < -0.3 is 19.5 Å². The Hall–Kier alpha value is -3.57. The first-order chi connectivity index (χ1) is 16.2. The first-order valence-electron chi connectivity index (χ1n) is 11.1. The molecular weight excluding hydrogens is 412 g/mol. The zero-order chi connectivity index (χ0) is 23.2. The van der Waals surface area contributed by atoms with Crippen LogP contribution >= 0.6 is 0 Å². The van der Waals surface area contributed by atoms with E-state index in [9.17, 15) is 0 Å². The number of rotatable bonds is 9. The maximum Gasteiger partial charge on any atom is 0.204 e.